The van der Waals surface area contributed by atoms with Crippen molar-refractivity contribution >= 4 is 34.2 Å². The molecule has 7 heteroatoms. The fourth-order valence-electron chi connectivity index (χ4n) is 1.31. The van der Waals surface area contributed by atoms with Gasteiger partial charge >= 0.3 is 0 Å². The van der Waals surface area contributed by atoms with Gasteiger partial charge in [-0.05, 0) is 27.1 Å². The highest BCUT2D eigenvalue weighted by molar-refractivity contribution is 9.10. The lowest BCUT2D eigenvalue weighted by atomic mass is 9.96. The summed E-state index contributed by atoms with van der Waals surface area (Å²) in [5.41, 5.74) is -0.585. The molecule has 0 saturated carbocycles. The SMILES string of the molecule is CC(C)(CS)Cn1cc([N+](=O)[O-])cc(Br)c1=O. The van der Waals surface area contributed by atoms with Gasteiger partial charge in [0.2, 0.25) is 0 Å². The van der Waals surface area contributed by atoms with Crippen molar-refractivity contribution in [1.82, 2.24) is 4.57 Å². The van der Waals surface area contributed by atoms with Gasteiger partial charge in [-0.1, -0.05) is 13.8 Å². The number of hydrogen-bond acceptors (Lipinski definition) is 4. The zero-order valence-electron chi connectivity index (χ0n) is 9.51. The molecule has 0 radical (unpaired) electrons. The third kappa shape index (κ3) is 3.57. The van der Waals surface area contributed by atoms with Crippen LogP contribution in [0, 0.1) is 15.5 Å². The van der Waals surface area contributed by atoms with Gasteiger partial charge in [0.1, 0.15) is 0 Å². The number of aromatic nitrogens is 1. The van der Waals surface area contributed by atoms with Gasteiger partial charge in [0, 0.05) is 12.6 Å². The van der Waals surface area contributed by atoms with Crippen molar-refractivity contribution in [3.63, 3.8) is 0 Å². The van der Waals surface area contributed by atoms with Crippen LogP contribution in [0.25, 0.3) is 0 Å². The van der Waals surface area contributed by atoms with Crippen LogP contribution >= 0.6 is 28.6 Å². The van der Waals surface area contributed by atoms with Crippen LogP contribution in [0.5, 0.6) is 0 Å². The van der Waals surface area contributed by atoms with Crippen molar-refractivity contribution in [2.24, 2.45) is 5.41 Å². The molecule has 17 heavy (non-hydrogen) atoms. The van der Waals surface area contributed by atoms with E-state index >= 15 is 0 Å². The Morgan fingerprint density at radius 3 is 2.65 bits per heavy atom. The summed E-state index contributed by atoms with van der Waals surface area (Å²) in [5.74, 6) is 0.583. The van der Waals surface area contributed by atoms with E-state index in [4.69, 9.17) is 0 Å². The second-order valence-electron chi connectivity index (χ2n) is 4.56. The predicted octanol–water partition coefficient (Wildman–Crippen LogP) is 2.48. The largest absolute Gasteiger partial charge is 0.307 e. The lowest BCUT2D eigenvalue weighted by Crippen LogP contribution is -2.29. The third-order valence-electron chi connectivity index (χ3n) is 2.27. The normalized spacial score (nSPS) is 11.5. The van der Waals surface area contributed by atoms with Crippen LogP contribution in [0.15, 0.2) is 21.5 Å². The maximum Gasteiger partial charge on any atom is 0.286 e. The van der Waals surface area contributed by atoms with Gasteiger partial charge in [-0.25, -0.2) is 0 Å². The first-order chi connectivity index (χ1) is 7.76. The summed E-state index contributed by atoms with van der Waals surface area (Å²) in [6, 6.07) is 1.21. The van der Waals surface area contributed by atoms with E-state index in [1.54, 1.807) is 0 Å². The molecule has 1 heterocycles. The number of nitrogens with zero attached hydrogens (tertiary/aromatic N) is 2. The molecule has 5 nitrogen and oxygen atoms in total. The zero-order valence-corrected chi connectivity index (χ0v) is 12.0. The molecule has 94 valence electrons. The number of thiol groups is 1. The molecule has 0 aliphatic rings. The van der Waals surface area contributed by atoms with Gasteiger partial charge in [0.15, 0.2) is 0 Å². The van der Waals surface area contributed by atoms with E-state index in [1.165, 1.54) is 16.8 Å². The molecule has 1 rings (SSSR count). The fraction of sp³-hybridized carbons (Fsp3) is 0.500. The van der Waals surface area contributed by atoms with Gasteiger partial charge in [0.25, 0.3) is 11.2 Å². The Labute approximate surface area is 113 Å². The average Bonchev–Trinajstić information content (AvgIpc) is 2.24. The quantitative estimate of drug-likeness (QED) is 0.526. The molecule has 0 aromatic carbocycles. The summed E-state index contributed by atoms with van der Waals surface area (Å²) >= 11 is 7.23. The number of hydrogen-bond donors (Lipinski definition) is 1. The molecule has 0 saturated heterocycles. The Hall–Kier alpha value is -0.820. The number of halogens is 1. The van der Waals surface area contributed by atoms with Crippen LogP contribution in [-0.4, -0.2) is 15.2 Å². The second kappa shape index (κ2) is 5.22. The van der Waals surface area contributed by atoms with Crippen molar-refractivity contribution in [2.75, 3.05) is 5.75 Å². The molecule has 0 unspecified atom stereocenters. The number of nitro groups is 1. The summed E-state index contributed by atoms with van der Waals surface area (Å²) in [7, 11) is 0. The van der Waals surface area contributed by atoms with E-state index < -0.39 is 4.92 Å². The molecule has 0 fully saturated rings. The molecule has 0 aliphatic carbocycles. The van der Waals surface area contributed by atoms with E-state index in [2.05, 4.69) is 28.6 Å². The van der Waals surface area contributed by atoms with Gasteiger partial charge < -0.3 is 4.57 Å². The molecular weight excluding hydrogens is 308 g/mol. The van der Waals surface area contributed by atoms with E-state index in [1.807, 2.05) is 13.8 Å². The van der Waals surface area contributed by atoms with E-state index in [0.29, 0.717) is 12.3 Å². The average molecular weight is 321 g/mol. The Morgan fingerprint density at radius 2 is 2.18 bits per heavy atom. The van der Waals surface area contributed by atoms with Crippen molar-refractivity contribution < 1.29 is 4.92 Å². The first-order valence-electron chi connectivity index (χ1n) is 4.92. The van der Waals surface area contributed by atoms with Crippen molar-refractivity contribution in [3.8, 4) is 0 Å². The summed E-state index contributed by atoms with van der Waals surface area (Å²) in [5, 5.41) is 10.7. The van der Waals surface area contributed by atoms with E-state index in [0.717, 1.165) is 0 Å². The maximum atomic E-state index is 11.8. The molecule has 0 bridgehead atoms. The molecular formula is C10H13BrN2O3S. The van der Waals surface area contributed by atoms with E-state index in [9.17, 15) is 14.9 Å². The maximum absolute atomic E-state index is 11.8. The van der Waals surface area contributed by atoms with Crippen LogP contribution in [0.3, 0.4) is 0 Å². The molecule has 1 aromatic heterocycles. The summed E-state index contributed by atoms with van der Waals surface area (Å²) < 4.78 is 1.54. The van der Waals surface area contributed by atoms with Gasteiger partial charge in [-0.2, -0.15) is 12.6 Å². The van der Waals surface area contributed by atoms with Crippen LogP contribution in [0.2, 0.25) is 0 Å². The van der Waals surface area contributed by atoms with Crippen molar-refractivity contribution in [1.29, 1.82) is 0 Å². The Morgan fingerprint density at radius 1 is 1.59 bits per heavy atom. The Kier molecular flexibility index (Phi) is 4.37. The summed E-state index contributed by atoms with van der Waals surface area (Å²) in [6.07, 6.45) is 1.26. The first-order valence-corrected chi connectivity index (χ1v) is 6.34. The van der Waals surface area contributed by atoms with Gasteiger partial charge in [0.05, 0.1) is 15.6 Å². The molecule has 0 amide bonds. The smallest absolute Gasteiger partial charge is 0.286 e. The molecule has 0 atom stereocenters. The highest BCUT2D eigenvalue weighted by Crippen LogP contribution is 2.21. The lowest BCUT2D eigenvalue weighted by Gasteiger charge is -2.22. The highest BCUT2D eigenvalue weighted by atomic mass is 79.9. The molecule has 1 aromatic rings. The van der Waals surface area contributed by atoms with Crippen molar-refractivity contribution in [2.45, 2.75) is 20.4 Å². The lowest BCUT2D eigenvalue weighted by molar-refractivity contribution is -0.385. The van der Waals surface area contributed by atoms with Gasteiger partial charge in [-0.15, -0.1) is 0 Å². The monoisotopic (exact) mass is 320 g/mol. The summed E-state index contributed by atoms with van der Waals surface area (Å²) in [4.78, 5) is 22.0. The predicted molar refractivity (Wildman–Crippen MR) is 72.7 cm³/mol. The van der Waals surface area contributed by atoms with Crippen LogP contribution in [0.1, 0.15) is 13.8 Å². The highest BCUT2D eigenvalue weighted by Gasteiger charge is 2.20. The zero-order chi connectivity index (χ0) is 13.2. The molecule has 0 aliphatic heterocycles. The van der Waals surface area contributed by atoms with Crippen molar-refractivity contribution in [3.05, 3.63) is 37.2 Å². The topological polar surface area (TPSA) is 65.1 Å². The third-order valence-corrected chi connectivity index (χ3v) is 3.69. The van der Waals surface area contributed by atoms with Crippen LogP contribution < -0.4 is 5.56 Å². The summed E-state index contributed by atoms with van der Waals surface area (Å²) in [6.45, 7) is 4.27. The standard InChI is InChI=1S/C10H13BrN2O3S/c1-10(2,6-17)5-12-4-7(13(15)16)3-8(11)9(12)14/h3-4,17H,5-6H2,1-2H3. The minimum absolute atomic E-state index is 0.105. The number of pyridine rings is 1. The van der Waals surface area contributed by atoms with Gasteiger partial charge in [-0.3, -0.25) is 14.9 Å². The van der Waals surface area contributed by atoms with Crippen LogP contribution in [0.4, 0.5) is 5.69 Å². The molecule has 0 spiro atoms. The Balaban J connectivity index is 3.24. The molecule has 0 N–H and O–H groups in total. The first kappa shape index (κ1) is 14.2. The Bertz CT molecular complexity index is 499. The van der Waals surface area contributed by atoms with E-state index in [-0.39, 0.29) is 21.1 Å². The minimum Gasteiger partial charge on any atom is -0.307 e. The second-order valence-corrected chi connectivity index (χ2v) is 5.73. The minimum atomic E-state index is -0.519. The number of rotatable bonds is 4. The van der Waals surface area contributed by atoms with Crippen LogP contribution in [-0.2, 0) is 6.54 Å². The fourth-order valence-corrected chi connectivity index (χ4v) is 1.88.